The molecule has 3 aromatic carbocycles. The van der Waals surface area contributed by atoms with Crippen molar-refractivity contribution in [2.24, 2.45) is 0 Å². The average molecular weight is 481 g/mol. The van der Waals surface area contributed by atoms with E-state index in [2.05, 4.69) is 93.8 Å². The largest absolute Gasteiger partial charge is 0.508 e. The van der Waals surface area contributed by atoms with Crippen molar-refractivity contribution in [2.75, 3.05) is 32.7 Å². The fraction of sp³-hybridized carbons (Fsp3) is 0.276. The molecule has 1 saturated heterocycles. The molecule has 36 heavy (non-hydrogen) atoms. The summed E-state index contributed by atoms with van der Waals surface area (Å²) in [5.41, 5.74) is 5.45. The van der Waals surface area contributed by atoms with Crippen molar-refractivity contribution in [1.82, 2.24) is 30.0 Å². The number of aromatic nitrogens is 4. The number of nitrogens with zero attached hydrogens (tertiary/aromatic N) is 6. The van der Waals surface area contributed by atoms with Crippen LogP contribution in [0.15, 0.2) is 78.9 Å². The van der Waals surface area contributed by atoms with E-state index in [1.807, 2.05) is 28.9 Å². The third kappa shape index (κ3) is 5.22. The van der Waals surface area contributed by atoms with Gasteiger partial charge in [0.05, 0.1) is 11.7 Å². The number of para-hydroxylation sites is 1. The number of hydrogen-bond donors (Lipinski definition) is 1. The molecule has 1 unspecified atom stereocenters. The van der Waals surface area contributed by atoms with Crippen LogP contribution >= 0.6 is 0 Å². The number of aryl methyl sites for hydroxylation is 2. The molecule has 5 rings (SSSR count). The van der Waals surface area contributed by atoms with E-state index >= 15 is 0 Å². The van der Waals surface area contributed by atoms with Crippen molar-refractivity contribution in [3.05, 3.63) is 107 Å². The summed E-state index contributed by atoms with van der Waals surface area (Å²) in [7, 11) is 0. The fourth-order valence-electron chi connectivity index (χ4n) is 4.99. The minimum Gasteiger partial charge on any atom is -0.508 e. The number of phenolic OH excluding ortho intramolecular Hbond substituents is 1. The smallest absolute Gasteiger partial charge is 0.178 e. The molecule has 1 aromatic heterocycles. The van der Waals surface area contributed by atoms with Crippen LogP contribution in [-0.4, -0.2) is 67.8 Å². The first kappa shape index (κ1) is 23.9. The van der Waals surface area contributed by atoms with Crippen LogP contribution < -0.4 is 0 Å². The van der Waals surface area contributed by atoms with Crippen molar-refractivity contribution in [2.45, 2.75) is 19.9 Å². The zero-order valence-electron chi connectivity index (χ0n) is 20.8. The lowest BCUT2D eigenvalue weighted by atomic mass is 10.0. The summed E-state index contributed by atoms with van der Waals surface area (Å²) in [6, 6.07) is 23.9. The Morgan fingerprint density at radius 2 is 1.61 bits per heavy atom. The predicted molar refractivity (Wildman–Crippen MR) is 142 cm³/mol. The van der Waals surface area contributed by atoms with Gasteiger partial charge in [0.15, 0.2) is 5.82 Å². The van der Waals surface area contributed by atoms with Crippen LogP contribution in [0.4, 0.5) is 0 Å². The number of tetrazole rings is 1. The van der Waals surface area contributed by atoms with Crippen molar-refractivity contribution < 1.29 is 5.11 Å². The van der Waals surface area contributed by atoms with Crippen LogP contribution in [0.25, 0.3) is 11.8 Å². The van der Waals surface area contributed by atoms with Crippen LogP contribution in [0.5, 0.6) is 5.75 Å². The Balaban J connectivity index is 1.39. The van der Waals surface area contributed by atoms with E-state index in [9.17, 15) is 5.11 Å². The monoisotopic (exact) mass is 480 g/mol. The van der Waals surface area contributed by atoms with Crippen molar-refractivity contribution in [3.8, 4) is 11.4 Å². The summed E-state index contributed by atoms with van der Waals surface area (Å²) in [5, 5.41) is 23.3. The Morgan fingerprint density at radius 3 is 2.33 bits per heavy atom. The minimum atomic E-state index is -0.173. The zero-order chi connectivity index (χ0) is 24.9. The maximum atomic E-state index is 10.3. The maximum absolute atomic E-state index is 10.3. The lowest BCUT2D eigenvalue weighted by molar-refractivity contribution is 0.113. The van der Waals surface area contributed by atoms with Gasteiger partial charge in [0.1, 0.15) is 5.75 Å². The van der Waals surface area contributed by atoms with Crippen molar-refractivity contribution in [1.29, 1.82) is 0 Å². The van der Waals surface area contributed by atoms with E-state index in [1.54, 1.807) is 6.07 Å². The molecular formula is C29H32N6O. The average Bonchev–Trinajstić information content (AvgIpc) is 3.34. The number of phenols is 1. The topological polar surface area (TPSA) is 70.3 Å². The second-order valence-electron chi connectivity index (χ2n) is 9.34. The first-order valence-electron chi connectivity index (χ1n) is 12.4. The van der Waals surface area contributed by atoms with Gasteiger partial charge in [-0.05, 0) is 58.7 Å². The third-order valence-electron chi connectivity index (χ3n) is 6.82. The first-order valence-corrected chi connectivity index (χ1v) is 12.4. The molecule has 1 aliphatic rings. The molecular weight excluding hydrogens is 448 g/mol. The highest BCUT2D eigenvalue weighted by atomic mass is 16.3. The second kappa shape index (κ2) is 10.8. The molecule has 1 fully saturated rings. The molecule has 2 heterocycles. The SMILES string of the molecule is Cc1cccc(C)c1-n1nnnc1C(c1cccc(O)c1)N1CCN(CC=Cc2ccccc2)CC1. The normalized spacial score (nSPS) is 15.9. The summed E-state index contributed by atoms with van der Waals surface area (Å²) in [6.45, 7) is 8.72. The molecule has 7 heteroatoms. The van der Waals surface area contributed by atoms with Crippen molar-refractivity contribution >= 4 is 6.08 Å². The summed E-state index contributed by atoms with van der Waals surface area (Å²) >= 11 is 0. The van der Waals surface area contributed by atoms with E-state index in [-0.39, 0.29) is 11.8 Å². The van der Waals surface area contributed by atoms with Gasteiger partial charge >= 0.3 is 0 Å². The highest BCUT2D eigenvalue weighted by molar-refractivity contribution is 5.49. The fourth-order valence-corrected chi connectivity index (χ4v) is 4.99. The van der Waals surface area contributed by atoms with Crippen LogP contribution in [0.2, 0.25) is 0 Å². The van der Waals surface area contributed by atoms with Gasteiger partial charge in [-0.1, -0.05) is 72.8 Å². The van der Waals surface area contributed by atoms with E-state index in [1.165, 1.54) is 5.56 Å². The first-order chi connectivity index (χ1) is 17.6. The number of piperazine rings is 1. The standard InChI is InChI=1S/C29H32N6O/c1-22-9-6-10-23(2)27(22)35-29(30-31-32-35)28(25-14-7-15-26(36)21-25)34-19-17-33(18-20-34)16-8-13-24-11-4-3-5-12-24/h3-15,21,28,36H,16-20H2,1-2H3. The molecule has 0 bridgehead atoms. The molecule has 184 valence electrons. The van der Waals surface area contributed by atoms with Gasteiger partial charge in [-0.2, -0.15) is 4.68 Å². The molecule has 7 nitrogen and oxygen atoms in total. The Morgan fingerprint density at radius 1 is 0.889 bits per heavy atom. The van der Waals surface area contributed by atoms with Gasteiger partial charge in [0.2, 0.25) is 0 Å². The quantitative estimate of drug-likeness (QED) is 0.423. The summed E-state index contributed by atoms with van der Waals surface area (Å²) < 4.78 is 1.87. The second-order valence-corrected chi connectivity index (χ2v) is 9.34. The van der Waals surface area contributed by atoms with Gasteiger partial charge in [0.25, 0.3) is 0 Å². The van der Waals surface area contributed by atoms with Gasteiger partial charge < -0.3 is 5.11 Å². The Labute approximate surface area is 212 Å². The molecule has 1 N–H and O–H groups in total. The minimum absolute atomic E-state index is 0.173. The lowest BCUT2D eigenvalue weighted by Crippen LogP contribution is -2.48. The van der Waals surface area contributed by atoms with E-state index in [4.69, 9.17) is 0 Å². The molecule has 0 aliphatic carbocycles. The summed E-state index contributed by atoms with van der Waals surface area (Å²) in [6.07, 6.45) is 4.42. The zero-order valence-corrected chi connectivity index (χ0v) is 20.8. The molecule has 0 amide bonds. The van der Waals surface area contributed by atoms with E-state index in [0.29, 0.717) is 0 Å². The van der Waals surface area contributed by atoms with Crippen LogP contribution in [0.1, 0.15) is 34.1 Å². The van der Waals surface area contributed by atoms with Gasteiger partial charge in [0, 0.05) is 32.7 Å². The Kier molecular flexibility index (Phi) is 7.21. The van der Waals surface area contributed by atoms with Gasteiger partial charge in [-0.25, -0.2) is 0 Å². The molecule has 4 aromatic rings. The van der Waals surface area contributed by atoms with Crippen LogP contribution in [-0.2, 0) is 0 Å². The van der Waals surface area contributed by atoms with Crippen LogP contribution in [0.3, 0.4) is 0 Å². The highest BCUT2D eigenvalue weighted by Gasteiger charge is 2.31. The number of benzene rings is 3. The predicted octanol–water partition coefficient (Wildman–Crippen LogP) is 4.41. The summed E-state index contributed by atoms with van der Waals surface area (Å²) in [4.78, 5) is 4.88. The van der Waals surface area contributed by atoms with Crippen LogP contribution in [0, 0.1) is 13.8 Å². The Hall–Kier alpha value is -3.81. The van der Waals surface area contributed by atoms with E-state index in [0.717, 1.165) is 60.9 Å². The number of rotatable bonds is 7. The molecule has 1 aliphatic heterocycles. The van der Waals surface area contributed by atoms with Gasteiger partial charge in [-0.3, -0.25) is 9.80 Å². The lowest BCUT2D eigenvalue weighted by Gasteiger charge is -2.38. The maximum Gasteiger partial charge on any atom is 0.178 e. The third-order valence-corrected chi connectivity index (χ3v) is 6.82. The number of aromatic hydroxyl groups is 1. The van der Waals surface area contributed by atoms with E-state index < -0.39 is 0 Å². The Bertz CT molecular complexity index is 1300. The highest BCUT2D eigenvalue weighted by Crippen LogP contribution is 2.32. The molecule has 0 saturated carbocycles. The number of hydrogen-bond acceptors (Lipinski definition) is 6. The molecule has 1 atom stereocenters. The molecule has 0 radical (unpaired) electrons. The molecule has 0 spiro atoms. The van der Waals surface area contributed by atoms with Crippen molar-refractivity contribution in [3.63, 3.8) is 0 Å². The summed E-state index contributed by atoms with van der Waals surface area (Å²) in [5.74, 6) is 1.00. The van der Waals surface area contributed by atoms with Gasteiger partial charge in [-0.15, -0.1) is 5.10 Å².